The standard InChI is InChI=1S/C14H15NO6/c1-8(15(2)12(16)6-13(17)18)14(19)9-3-4-10-11(5-9)21-7-20-10/h3-5,8H,6-7H2,1-2H3,(H,17,18)/t8-/m0/s1. The zero-order valence-corrected chi connectivity index (χ0v) is 11.7. The van der Waals surface area contributed by atoms with E-state index in [1.54, 1.807) is 25.1 Å². The number of benzene rings is 1. The maximum absolute atomic E-state index is 12.3. The minimum Gasteiger partial charge on any atom is -0.481 e. The maximum atomic E-state index is 12.3. The predicted molar refractivity (Wildman–Crippen MR) is 71.4 cm³/mol. The number of ether oxygens (including phenoxy) is 2. The van der Waals surface area contributed by atoms with Gasteiger partial charge >= 0.3 is 5.97 Å². The second kappa shape index (κ2) is 5.82. The third-order valence-corrected chi connectivity index (χ3v) is 3.31. The highest BCUT2D eigenvalue weighted by atomic mass is 16.7. The van der Waals surface area contributed by atoms with Gasteiger partial charge in [-0.15, -0.1) is 0 Å². The molecule has 112 valence electrons. The smallest absolute Gasteiger partial charge is 0.312 e. The number of likely N-dealkylation sites (N-methyl/N-ethyl adjacent to an activating group) is 1. The van der Waals surface area contributed by atoms with Crippen LogP contribution in [0, 0.1) is 0 Å². The van der Waals surface area contributed by atoms with Crippen molar-refractivity contribution in [2.24, 2.45) is 0 Å². The first-order chi connectivity index (χ1) is 9.90. The maximum Gasteiger partial charge on any atom is 0.312 e. The monoisotopic (exact) mass is 293 g/mol. The van der Waals surface area contributed by atoms with Gasteiger partial charge in [0.2, 0.25) is 12.7 Å². The molecule has 0 spiro atoms. The van der Waals surface area contributed by atoms with Gasteiger partial charge in [0.15, 0.2) is 17.3 Å². The third-order valence-electron chi connectivity index (χ3n) is 3.31. The van der Waals surface area contributed by atoms with Gasteiger partial charge in [0, 0.05) is 12.6 Å². The predicted octanol–water partition coefficient (Wildman–Crippen LogP) is 0.920. The lowest BCUT2D eigenvalue weighted by Crippen LogP contribution is -2.41. The van der Waals surface area contributed by atoms with E-state index >= 15 is 0 Å². The fourth-order valence-electron chi connectivity index (χ4n) is 1.94. The number of hydrogen-bond donors (Lipinski definition) is 1. The lowest BCUT2D eigenvalue weighted by atomic mass is 10.0. The number of ketones is 1. The summed E-state index contributed by atoms with van der Waals surface area (Å²) in [5, 5.41) is 8.61. The van der Waals surface area contributed by atoms with Crippen LogP contribution in [0.5, 0.6) is 11.5 Å². The second-order valence-electron chi connectivity index (χ2n) is 4.68. The van der Waals surface area contributed by atoms with Crippen LogP contribution in [0.4, 0.5) is 0 Å². The lowest BCUT2D eigenvalue weighted by molar-refractivity contribution is -0.144. The van der Waals surface area contributed by atoms with Crippen molar-refractivity contribution >= 4 is 17.7 Å². The summed E-state index contributed by atoms with van der Waals surface area (Å²) < 4.78 is 10.4. The van der Waals surface area contributed by atoms with Gasteiger partial charge in [0.25, 0.3) is 0 Å². The quantitative estimate of drug-likeness (QED) is 0.641. The highest BCUT2D eigenvalue weighted by molar-refractivity contribution is 6.03. The van der Waals surface area contributed by atoms with Crippen molar-refractivity contribution in [1.82, 2.24) is 4.90 Å². The molecule has 1 aromatic rings. The van der Waals surface area contributed by atoms with Crippen molar-refractivity contribution in [3.05, 3.63) is 23.8 Å². The van der Waals surface area contributed by atoms with E-state index in [9.17, 15) is 14.4 Å². The van der Waals surface area contributed by atoms with Gasteiger partial charge in [0.05, 0.1) is 6.04 Å². The Labute approximate surface area is 121 Å². The number of carboxylic acid groups (broad SMARTS) is 1. The number of hydrogen-bond acceptors (Lipinski definition) is 5. The molecule has 0 aliphatic carbocycles. The summed E-state index contributed by atoms with van der Waals surface area (Å²) in [5.41, 5.74) is 0.377. The summed E-state index contributed by atoms with van der Waals surface area (Å²) in [5.74, 6) is -1.10. The van der Waals surface area contributed by atoms with Crippen LogP contribution in [0.3, 0.4) is 0 Å². The van der Waals surface area contributed by atoms with Crippen LogP contribution in [-0.2, 0) is 9.59 Å². The first-order valence-electron chi connectivity index (χ1n) is 6.31. The van der Waals surface area contributed by atoms with Gasteiger partial charge < -0.3 is 19.5 Å². The number of aliphatic carboxylic acids is 1. The SMILES string of the molecule is C[C@@H](C(=O)c1ccc2c(c1)OCO2)N(C)C(=O)CC(=O)O. The topological polar surface area (TPSA) is 93.1 Å². The van der Waals surface area contributed by atoms with Gasteiger partial charge in [-0.25, -0.2) is 0 Å². The van der Waals surface area contributed by atoms with Crippen LogP contribution in [0.25, 0.3) is 0 Å². The normalized spacial score (nSPS) is 13.6. The molecule has 1 heterocycles. The van der Waals surface area contributed by atoms with E-state index in [-0.39, 0.29) is 12.6 Å². The molecule has 0 bridgehead atoms. The van der Waals surface area contributed by atoms with Crippen molar-refractivity contribution in [1.29, 1.82) is 0 Å². The molecule has 1 aromatic carbocycles. The van der Waals surface area contributed by atoms with Crippen LogP contribution in [-0.4, -0.2) is 47.5 Å². The van der Waals surface area contributed by atoms with Crippen molar-refractivity contribution in [3.8, 4) is 11.5 Å². The lowest BCUT2D eigenvalue weighted by Gasteiger charge is -2.23. The third kappa shape index (κ3) is 3.13. The molecule has 0 saturated heterocycles. The Hall–Kier alpha value is -2.57. The number of amides is 1. The summed E-state index contributed by atoms with van der Waals surface area (Å²) in [6.07, 6.45) is -0.644. The summed E-state index contributed by atoms with van der Waals surface area (Å²) in [7, 11) is 1.40. The molecule has 2 rings (SSSR count). The molecule has 7 nitrogen and oxygen atoms in total. The number of carbonyl (C=O) groups is 3. The van der Waals surface area contributed by atoms with Crippen molar-refractivity contribution in [2.45, 2.75) is 19.4 Å². The zero-order valence-electron chi connectivity index (χ0n) is 11.7. The zero-order chi connectivity index (χ0) is 15.6. The van der Waals surface area contributed by atoms with E-state index in [0.717, 1.165) is 4.90 Å². The summed E-state index contributed by atoms with van der Waals surface area (Å²) in [6.45, 7) is 1.66. The van der Waals surface area contributed by atoms with Gasteiger partial charge in [-0.3, -0.25) is 14.4 Å². The minimum absolute atomic E-state index is 0.111. The highest BCUT2D eigenvalue weighted by Crippen LogP contribution is 2.32. The Balaban J connectivity index is 2.12. The first-order valence-corrected chi connectivity index (χ1v) is 6.31. The fourth-order valence-corrected chi connectivity index (χ4v) is 1.94. The van der Waals surface area contributed by atoms with E-state index in [0.29, 0.717) is 17.1 Å². The van der Waals surface area contributed by atoms with Gasteiger partial charge in [-0.1, -0.05) is 0 Å². The molecule has 21 heavy (non-hydrogen) atoms. The molecule has 1 amide bonds. The van der Waals surface area contributed by atoms with E-state index in [1.165, 1.54) is 7.05 Å². The van der Waals surface area contributed by atoms with Crippen molar-refractivity contribution in [2.75, 3.05) is 13.8 Å². The van der Waals surface area contributed by atoms with Crippen LogP contribution in [0.1, 0.15) is 23.7 Å². The number of nitrogens with zero attached hydrogens (tertiary/aromatic N) is 1. The highest BCUT2D eigenvalue weighted by Gasteiger charge is 2.26. The molecular formula is C14H15NO6. The van der Waals surface area contributed by atoms with Gasteiger partial charge in [-0.05, 0) is 25.1 Å². The summed E-state index contributed by atoms with van der Waals surface area (Å²) >= 11 is 0. The molecule has 0 aromatic heterocycles. The minimum atomic E-state index is -1.23. The Morgan fingerprint density at radius 3 is 2.62 bits per heavy atom. The number of fused-ring (bicyclic) bond motifs is 1. The molecule has 1 aliphatic heterocycles. The van der Waals surface area contributed by atoms with Crippen LogP contribution < -0.4 is 9.47 Å². The van der Waals surface area contributed by atoms with E-state index in [4.69, 9.17) is 14.6 Å². The number of Topliss-reactive ketones (excluding diaryl/α,β-unsaturated/α-hetero) is 1. The Morgan fingerprint density at radius 1 is 1.29 bits per heavy atom. The average Bonchev–Trinajstić information content (AvgIpc) is 2.91. The molecule has 1 N–H and O–H groups in total. The van der Waals surface area contributed by atoms with Crippen molar-refractivity contribution < 1.29 is 29.0 Å². The summed E-state index contributed by atoms with van der Waals surface area (Å²) in [6, 6.07) is 4.00. The Kier molecular flexibility index (Phi) is 4.11. The first kappa shape index (κ1) is 14.8. The molecule has 0 saturated carbocycles. The van der Waals surface area contributed by atoms with Crippen LogP contribution in [0.2, 0.25) is 0 Å². The van der Waals surface area contributed by atoms with E-state index in [2.05, 4.69) is 0 Å². The van der Waals surface area contributed by atoms with Crippen LogP contribution >= 0.6 is 0 Å². The van der Waals surface area contributed by atoms with E-state index < -0.39 is 24.3 Å². The largest absolute Gasteiger partial charge is 0.481 e. The molecule has 0 fully saturated rings. The average molecular weight is 293 g/mol. The van der Waals surface area contributed by atoms with Gasteiger partial charge in [-0.2, -0.15) is 0 Å². The molecule has 0 radical (unpaired) electrons. The Morgan fingerprint density at radius 2 is 1.95 bits per heavy atom. The second-order valence-corrected chi connectivity index (χ2v) is 4.68. The van der Waals surface area contributed by atoms with Crippen LogP contribution in [0.15, 0.2) is 18.2 Å². The number of rotatable bonds is 5. The number of carbonyl (C=O) groups excluding carboxylic acids is 2. The van der Waals surface area contributed by atoms with Gasteiger partial charge in [0.1, 0.15) is 6.42 Å². The number of carboxylic acids is 1. The van der Waals surface area contributed by atoms with Crippen molar-refractivity contribution in [3.63, 3.8) is 0 Å². The Bertz CT molecular complexity index is 597. The summed E-state index contributed by atoms with van der Waals surface area (Å²) in [4.78, 5) is 35.7. The molecule has 1 atom stereocenters. The molecular weight excluding hydrogens is 278 g/mol. The fraction of sp³-hybridized carbons (Fsp3) is 0.357. The molecule has 0 unspecified atom stereocenters. The molecule has 1 aliphatic rings. The molecule has 7 heteroatoms. The van der Waals surface area contributed by atoms with E-state index in [1.807, 2.05) is 0 Å².